The number of hydrogen-bond acceptors (Lipinski definition) is 2. The van der Waals surface area contributed by atoms with Gasteiger partial charge in [-0.1, -0.05) is 50.1 Å². The molecule has 0 atom stereocenters. The lowest BCUT2D eigenvalue weighted by Gasteiger charge is -2.27. The van der Waals surface area contributed by atoms with Crippen LogP contribution in [0.15, 0.2) is 30.3 Å². The van der Waals surface area contributed by atoms with Crippen LogP contribution in [0.4, 0.5) is 0 Å². The molecule has 1 aromatic carbocycles. The number of carbonyl (C=O) groups excluding carboxylic acids is 1. The van der Waals surface area contributed by atoms with Crippen molar-refractivity contribution in [2.45, 2.75) is 52.6 Å². The molecule has 0 heterocycles. The van der Waals surface area contributed by atoms with Gasteiger partial charge in [-0.25, -0.2) is 0 Å². The van der Waals surface area contributed by atoms with Crippen LogP contribution >= 0.6 is 0 Å². The maximum atomic E-state index is 12.3. The fraction of sp³-hybridized carbons (Fsp3) is 0.588. The van der Waals surface area contributed by atoms with Crippen molar-refractivity contribution in [2.24, 2.45) is 0 Å². The van der Waals surface area contributed by atoms with Crippen molar-refractivity contribution in [1.29, 1.82) is 0 Å². The highest BCUT2D eigenvalue weighted by atomic mass is 16.2. The summed E-state index contributed by atoms with van der Waals surface area (Å²) in [5.74, 6) is 0.181. The first kappa shape index (κ1) is 16.7. The molecule has 1 amide bonds. The zero-order valence-electron chi connectivity index (χ0n) is 13.1. The molecule has 1 aromatic rings. The van der Waals surface area contributed by atoms with E-state index >= 15 is 0 Å². The second-order valence-corrected chi connectivity index (χ2v) is 5.48. The largest absolute Gasteiger partial charge is 0.335 e. The number of unbranched alkanes of at least 4 members (excludes halogenated alkanes) is 2. The number of carbonyl (C=O) groups is 1. The van der Waals surface area contributed by atoms with Crippen molar-refractivity contribution in [3.05, 3.63) is 35.9 Å². The number of amides is 1. The van der Waals surface area contributed by atoms with Gasteiger partial charge in [0.25, 0.3) is 0 Å². The molecule has 3 nitrogen and oxygen atoms in total. The Morgan fingerprint density at radius 2 is 1.90 bits per heavy atom. The molecule has 0 aliphatic rings. The monoisotopic (exact) mass is 276 g/mol. The lowest BCUT2D eigenvalue weighted by Crippen LogP contribution is -2.42. The Bertz CT molecular complexity index is 376. The van der Waals surface area contributed by atoms with Gasteiger partial charge in [0, 0.05) is 12.6 Å². The van der Waals surface area contributed by atoms with Crippen molar-refractivity contribution >= 4 is 5.91 Å². The minimum absolute atomic E-state index is 0.181. The highest BCUT2D eigenvalue weighted by Crippen LogP contribution is 2.08. The van der Waals surface area contributed by atoms with Crippen molar-refractivity contribution in [2.75, 3.05) is 13.1 Å². The second kappa shape index (κ2) is 9.54. The topological polar surface area (TPSA) is 32.3 Å². The molecule has 0 radical (unpaired) electrons. The first-order chi connectivity index (χ1) is 9.65. The Hall–Kier alpha value is -1.35. The SMILES string of the molecule is CCCCCNCC(=O)N(Cc1ccccc1)C(C)C. The van der Waals surface area contributed by atoms with Gasteiger partial charge in [0.1, 0.15) is 0 Å². The second-order valence-electron chi connectivity index (χ2n) is 5.48. The quantitative estimate of drug-likeness (QED) is 0.702. The predicted octanol–water partition coefficient (Wildman–Crippen LogP) is 3.20. The number of rotatable bonds is 9. The van der Waals surface area contributed by atoms with Gasteiger partial charge in [-0.15, -0.1) is 0 Å². The summed E-state index contributed by atoms with van der Waals surface area (Å²) in [6.45, 7) is 8.38. The summed E-state index contributed by atoms with van der Waals surface area (Å²) in [6.07, 6.45) is 3.57. The van der Waals surface area contributed by atoms with E-state index in [1.54, 1.807) is 0 Å². The van der Waals surface area contributed by atoms with E-state index in [-0.39, 0.29) is 11.9 Å². The molecule has 0 saturated carbocycles. The van der Waals surface area contributed by atoms with Gasteiger partial charge in [0.2, 0.25) is 5.91 Å². The Morgan fingerprint density at radius 1 is 1.20 bits per heavy atom. The molecular weight excluding hydrogens is 248 g/mol. The first-order valence-corrected chi connectivity index (χ1v) is 7.69. The summed E-state index contributed by atoms with van der Waals surface area (Å²) in [7, 11) is 0. The molecule has 0 fully saturated rings. The normalized spacial score (nSPS) is 10.8. The molecule has 20 heavy (non-hydrogen) atoms. The van der Waals surface area contributed by atoms with E-state index in [1.165, 1.54) is 18.4 Å². The molecule has 1 N–H and O–H groups in total. The molecule has 0 aliphatic carbocycles. The molecular formula is C17H28N2O. The number of benzene rings is 1. The molecule has 1 rings (SSSR count). The maximum Gasteiger partial charge on any atom is 0.237 e. The molecule has 0 unspecified atom stereocenters. The van der Waals surface area contributed by atoms with Crippen LogP contribution in [0.3, 0.4) is 0 Å². The summed E-state index contributed by atoms with van der Waals surface area (Å²) in [5, 5.41) is 3.25. The van der Waals surface area contributed by atoms with Crippen LogP contribution in [0, 0.1) is 0 Å². The van der Waals surface area contributed by atoms with Crippen LogP contribution < -0.4 is 5.32 Å². The van der Waals surface area contributed by atoms with Gasteiger partial charge in [-0.2, -0.15) is 0 Å². The fourth-order valence-corrected chi connectivity index (χ4v) is 2.14. The van der Waals surface area contributed by atoms with Crippen molar-refractivity contribution < 1.29 is 4.79 Å². The van der Waals surface area contributed by atoms with Crippen LogP contribution in [-0.2, 0) is 11.3 Å². The summed E-state index contributed by atoms with van der Waals surface area (Å²) in [4.78, 5) is 14.2. The number of nitrogens with one attached hydrogen (secondary N) is 1. The zero-order valence-corrected chi connectivity index (χ0v) is 13.1. The van der Waals surface area contributed by atoms with Crippen LogP contribution in [0.25, 0.3) is 0 Å². The first-order valence-electron chi connectivity index (χ1n) is 7.69. The van der Waals surface area contributed by atoms with E-state index in [1.807, 2.05) is 23.1 Å². The Labute approximate surface area is 123 Å². The van der Waals surface area contributed by atoms with Gasteiger partial charge in [0.05, 0.1) is 6.54 Å². The highest BCUT2D eigenvalue weighted by molar-refractivity contribution is 5.78. The zero-order chi connectivity index (χ0) is 14.8. The van der Waals surface area contributed by atoms with Crippen molar-refractivity contribution in [1.82, 2.24) is 10.2 Å². The molecule has 0 bridgehead atoms. The standard InChI is InChI=1S/C17H28N2O/c1-4-5-9-12-18-13-17(20)19(15(2)3)14-16-10-7-6-8-11-16/h6-8,10-11,15,18H,4-5,9,12-14H2,1-3H3. The summed E-state index contributed by atoms with van der Waals surface area (Å²) in [5.41, 5.74) is 1.18. The van der Waals surface area contributed by atoms with E-state index < -0.39 is 0 Å². The van der Waals surface area contributed by atoms with E-state index in [0.717, 1.165) is 13.0 Å². The third-order valence-electron chi connectivity index (χ3n) is 3.37. The van der Waals surface area contributed by atoms with E-state index in [2.05, 4.69) is 38.2 Å². The summed E-state index contributed by atoms with van der Waals surface area (Å²) < 4.78 is 0. The molecule has 3 heteroatoms. The minimum atomic E-state index is 0.181. The molecule has 0 aliphatic heterocycles. The van der Waals surface area contributed by atoms with Gasteiger partial charge >= 0.3 is 0 Å². The van der Waals surface area contributed by atoms with Gasteiger partial charge in [0.15, 0.2) is 0 Å². The van der Waals surface area contributed by atoms with Gasteiger partial charge in [-0.05, 0) is 32.4 Å². The molecule has 0 saturated heterocycles. The summed E-state index contributed by atoms with van der Waals surface area (Å²) in [6, 6.07) is 10.4. The van der Waals surface area contributed by atoms with Crippen LogP contribution in [0.2, 0.25) is 0 Å². The third kappa shape index (κ3) is 6.20. The Balaban J connectivity index is 2.43. The van der Waals surface area contributed by atoms with Crippen LogP contribution in [0.1, 0.15) is 45.6 Å². The molecule has 112 valence electrons. The fourth-order valence-electron chi connectivity index (χ4n) is 2.14. The number of hydrogen-bond donors (Lipinski definition) is 1. The van der Waals surface area contributed by atoms with Crippen LogP contribution in [-0.4, -0.2) is 29.9 Å². The average Bonchev–Trinajstić information content (AvgIpc) is 2.45. The lowest BCUT2D eigenvalue weighted by atomic mass is 10.2. The van der Waals surface area contributed by atoms with Crippen LogP contribution in [0.5, 0.6) is 0 Å². The van der Waals surface area contributed by atoms with Gasteiger partial charge < -0.3 is 10.2 Å². The van der Waals surface area contributed by atoms with Crippen molar-refractivity contribution in [3.63, 3.8) is 0 Å². The highest BCUT2D eigenvalue weighted by Gasteiger charge is 2.16. The molecule has 0 aromatic heterocycles. The van der Waals surface area contributed by atoms with E-state index in [0.29, 0.717) is 13.1 Å². The van der Waals surface area contributed by atoms with Crippen molar-refractivity contribution in [3.8, 4) is 0 Å². The van der Waals surface area contributed by atoms with E-state index in [9.17, 15) is 4.79 Å². The smallest absolute Gasteiger partial charge is 0.237 e. The summed E-state index contributed by atoms with van der Waals surface area (Å²) >= 11 is 0. The lowest BCUT2D eigenvalue weighted by molar-refractivity contribution is -0.132. The number of nitrogens with zero attached hydrogens (tertiary/aromatic N) is 1. The third-order valence-corrected chi connectivity index (χ3v) is 3.37. The average molecular weight is 276 g/mol. The predicted molar refractivity (Wildman–Crippen MR) is 84.5 cm³/mol. The Morgan fingerprint density at radius 3 is 2.50 bits per heavy atom. The minimum Gasteiger partial charge on any atom is -0.335 e. The Kier molecular flexibility index (Phi) is 7.97. The van der Waals surface area contributed by atoms with E-state index in [4.69, 9.17) is 0 Å². The molecule has 0 spiro atoms. The van der Waals surface area contributed by atoms with Gasteiger partial charge in [-0.3, -0.25) is 4.79 Å². The maximum absolute atomic E-state index is 12.3.